The van der Waals surface area contributed by atoms with E-state index in [1.807, 2.05) is 13.8 Å². The molecule has 1 unspecified atom stereocenters. The van der Waals surface area contributed by atoms with Crippen LogP contribution in [0.1, 0.15) is 117 Å². The number of rotatable bonds is 5. The van der Waals surface area contributed by atoms with Crippen LogP contribution in [0, 0.1) is 41.4 Å². The molecule has 0 aromatic rings. The zero-order valence-electron chi connectivity index (χ0n) is 22.5. The Balaban J connectivity index is 0. The fourth-order valence-corrected chi connectivity index (χ4v) is 4.25. The first-order valence-corrected chi connectivity index (χ1v) is 12.3. The van der Waals surface area contributed by atoms with Gasteiger partial charge in [0.1, 0.15) is 0 Å². The Morgan fingerprint density at radius 3 is 1.14 bits per heavy atom. The van der Waals surface area contributed by atoms with E-state index in [0.717, 1.165) is 17.8 Å². The second kappa shape index (κ2) is 14.5. The van der Waals surface area contributed by atoms with Crippen LogP contribution in [0.15, 0.2) is 22.3 Å². The molecule has 0 fully saturated rings. The maximum atomic E-state index is 2.42. The molecule has 168 valence electrons. The predicted molar refractivity (Wildman–Crippen MR) is 133 cm³/mol. The quantitative estimate of drug-likeness (QED) is 0.408. The summed E-state index contributed by atoms with van der Waals surface area (Å²) in [4.78, 5) is 0. The van der Waals surface area contributed by atoms with Gasteiger partial charge in [0, 0.05) is 0 Å². The van der Waals surface area contributed by atoms with Crippen molar-refractivity contribution in [3.63, 3.8) is 0 Å². The number of allylic oxidation sites excluding steroid dienone is 4. The molecule has 1 aliphatic rings. The zero-order valence-corrected chi connectivity index (χ0v) is 22.5. The van der Waals surface area contributed by atoms with Gasteiger partial charge >= 0.3 is 0 Å². The van der Waals surface area contributed by atoms with Gasteiger partial charge in [-0.3, -0.25) is 0 Å². The molecule has 28 heavy (non-hydrogen) atoms. The molecule has 0 saturated carbocycles. The second-order valence-corrected chi connectivity index (χ2v) is 10.6. The molecule has 0 spiro atoms. The summed E-state index contributed by atoms with van der Waals surface area (Å²) in [7, 11) is 0. The lowest BCUT2D eigenvalue weighted by Gasteiger charge is -2.30. The van der Waals surface area contributed by atoms with E-state index in [1.165, 1.54) is 12.8 Å². The van der Waals surface area contributed by atoms with Gasteiger partial charge in [-0.05, 0) is 54.3 Å². The summed E-state index contributed by atoms with van der Waals surface area (Å²) < 4.78 is 0. The van der Waals surface area contributed by atoms with E-state index in [9.17, 15) is 0 Å². The normalized spacial score (nSPS) is 18.1. The van der Waals surface area contributed by atoms with Gasteiger partial charge < -0.3 is 0 Å². The van der Waals surface area contributed by atoms with Crippen LogP contribution in [0.5, 0.6) is 0 Å². The summed E-state index contributed by atoms with van der Waals surface area (Å²) in [6.45, 7) is 34.5. The minimum absolute atomic E-state index is 0.666. The summed E-state index contributed by atoms with van der Waals surface area (Å²) in [6, 6.07) is 0. The van der Waals surface area contributed by atoms with Crippen LogP contribution in [0.3, 0.4) is 0 Å². The van der Waals surface area contributed by atoms with Crippen molar-refractivity contribution in [3.05, 3.63) is 22.3 Å². The van der Waals surface area contributed by atoms with Gasteiger partial charge in [-0.1, -0.05) is 126 Å². The van der Waals surface area contributed by atoms with Crippen molar-refractivity contribution >= 4 is 0 Å². The van der Waals surface area contributed by atoms with Crippen molar-refractivity contribution in [2.45, 2.75) is 117 Å². The molecule has 0 heterocycles. The molecule has 0 N–H and O–H groups in total. The van der Waals surface area contributed by atoms with Crippen molar-refractivity contribution in [1.29, 1.82) is 0 Å². The standard InChI is InChI=1S/C22H40.C4H10.C2H6/c1-13(2)18-11-20(15(5)6)22(17(9)10)21(16(7)8)12-19(18)14(3)4;1-4(2)3;1-2/h13-17,20H,11-12H2,1-10H3;4H,1-3H3;1-2H3. The van der Waals surface area contributed by atoms with Gasteiger partial charge in [0.25, 0.3) is 0 Å². The largest absolute Gasteiger partial charge is 0.0683 e. The van der Waals surface area contributed by atoms with Crippen molar-refractivity contribution in [3.8, 4) is 0 Å². The molecule has 0 radical (unpaired) electrons. The zero-order chi connectivity index (χ0) is 22.8. The highest BCUT2D eigenvalue weighted by atomic mass is 14.4. The fourth-order valence-electron chi connectivity index (χ4n) is 4.25. The molecular formula is C28H56. The van der Waals surface area contributed by atoms with Gasteiger partial charge in [-0.15, -0.1) is 0 Å². The summed E-state index contributed by atoms with van der Waals surface area (Å²) in [5.74, 6) is 4.98. The van der Waals surface area contributed by atoms with Gasteiger partial charge in [-0.25, -0.2) is 0 Å². The van der Waals surface area contributed by atoms with Crippen molar-refractivity contribution < 1.29 is 0 Å². The van der Waals surface area contributed by atoms with Crippen LogP contribution in [-0.2, 0) is 0 Å². The van der Waals surface area contributed by atoms with Crippen molar-refractivity contribution in [2.75, 3.05) is 0 Å². The van der Waals surface area contributed by atoms with Crippen molar-refractivity contribution in [2.24, 2.45) is 41.4 Å². The SMILES string of the molecule is CC.CC(C)C.CC(C)C1=C(C(C)C)CC(C(C)C)C(C(C)C)=C(C(C)C)C1. The third-order valence-electron chi connectivity index (χ3n) is 5.52. The lowest BCUT2D eigenvalue weighted by molar-refractivity contribution is 0.392. The first-order chi connectivity index (χ1) is 12.8. The van der Waals surface area contributed by atoms with Crippen LogP contribution in [0.4, 0.5) is 0 Å². The average molecular weight is 393 g/mol. The van der Waals surface area contributed by atoms with Crippen LogP contribution in [0.25, 0.3) is 0 Å². The first kappa shape index (κ1) is 29.7. The summed E-state index contributed by atoms with van der Waals surface area (Å²) in [5.41, 5.74) is 7.01. The highest BCUT2D eigenvalue weighted by Crippen LogP contribution is 2.45. The lowest BCUT2D eigenvalue weighted by Crippen LogP contribution is -2.19. The van der Waals surface area contributed by atoms with Crippen LogP contribution >= 0.6 is 0 Å². The van der Waals surface area contributed by atoms with Crippen LogP contribution in [-0.4, -0.2) is 0 Å². The Labute approximate surface area is 180 Å². The van der Waals surface area contributed by atoms with E-state index in [2.05, 4.69) is 90.0 Å². The fraction of sp³-hybridized carbons (Fsp3) is 0.857. The maximum absolute atomic E-state index is 2.42. The summed E-state index contributed by atoms with van der Waals surface area (Å²) in [6.07, 6.45) is 2.51. The molecule has 0 amide bonds. The van der Waals surface area contributed by atoms with Gasteiger partial charge in [0.15, 0.2) is 0 Å². The Morgan fingerprint density at radius 2 is 0.893 bits per heavy atom. The first-order valence-electron chi connectivity index (χ1n) is 12.3. The third-order valence-corrected chi connectivity index (χ3v) is 5.52. The highest BCUT2D eigenvalue weighted by molar-refractivity contribution is 5.35. The molecule has 1 aliphatic carbocycles. The van der Waals surface area contributed by atoms with Crippen LogP contribution < -0.4 is 0 Å². The Kier molecular flexibility index (Phi) is 15.3. The molecule has 0 aromatic heterocycles. The second-order valence-electron chi connectivity index (χ2n) is 10.6. The smallest absolute Gasteiger partial charge is 0.00976 e. The molecule has 0 aromatic carbocycles. The summed E-state index contributed by atoms with van der Waals surface area (Å²) >= 11 is 0. The summed E-state index contributed by atoms with van der Waals surface area (Å²) in [5, 5.41) is 0. The number of hydrogen-bond acceptors (Lipinski definition) is 0. The van der Waals surface area contributed by atoms with Crippen LogP contribution in [0.2, 0.25) is 0 Å². The molecule has 0 saturated heterocycles. The van der Waals surface area contributed by atoms with E-state index in [1.54, 1.807) is 22.3 Å². The molecule has 1 atom stereocenters. The predicted octanol–water partition coefficient (Wildman–Crippen LogP) is 9.96. The van der Waals surface area contributed by atoms with Gasteiger partial charge in [-0.2, -0.15) is 0 Å². The van der Waals surface area contributed by atoms with E-state index >= 15 is 0 Å². The van der Waals surface area contributed by atoms with Gasteiger partial charge in [0.05, 0.1) is 0 Å². The topological polar surface area (TPSA) is 0 Å². The Morgan fingerprint density at radius 1 is 0.536 bits per heavy atom. The highest BCUT2D eigenvalue weighted by Gasteiger charge is 2.31. The van der Waals surface area contributed by atoms with Gasteiger partial charge in [0.2, 0.25) is 0 Å². The number of hydrogen-bond donors (Lipinski definition) is 0. The molecule has 0 heteroatoms. The molecule has 0 bridgehead atoms. The Hall–Kier alpha value is -0.520. The minimum Gasteiger partial charge on any atom is -0.0683 e. The third kappa shape index (κ3) is 9.80. The lowest BCUT2D eigenvalue weighted by atomic mass is 9.75. The maximum Gasteiger partial charge on any atom is -0.00976 e. The molecule has 1 rings (SSSR count). The monoisotopic (exact) mass is 392 g/mol. The van der Waals surface area contributed by atoms with E-state index in [4.69, 9.17) is 0 Å². The van der Waals surface area contributed by atoms with E-state index < -0.39 is 0 Å². The van der Waals surface area contributed by atoms with E-state index in [0.29, 0.717) is 23.7 Å². The molecule has 0 nitrogen and oxygen atoms in total. The average Bonchev–Trinajstić information content (AvgIpc) is 2.73. The minimum atomic E-state index is 0.666. The van der Waals surface area contributed by atoms with E-state index in [-0.39, 0.29) is 0 Å². The van der Waals surface area contributed by atoms with Crippen molar-refractivity contribution in [1.82, 2.24) is 0 Å². The Bertz CT molecular complexity index is 464. The molecule has 0 aliphatic heterocycles. The molecular weight excluding hydrogens is 336 g/mol.